The molecular formula is C38H38N6O3S. The molecule has 0 radical (unpaired) electrons. The molecular weight excluding hydrogens is 621 g/mol. The summed E-state index contributed by atoms with van der Waals surface area (Å²) < 4.78 is 8.50. The zero-order valence-corrected chi connectivity index (χ0v) is 28.2. The number of nitrogen functional groups attached to an aromatic ring is 1. The lowest BCUT2D eigenvalue weighted by atomic mass is 10.0. The molecule has 0 fully saturated rings. The monoisotopic (exact) mass is 658 g/mol. The van der Waals surface area contributed by atoms with E-state index in [9.17, 15) is 9.59 Å². The molecule has 10 heteroatoms. The molecule has 48 heavy (non-hydrogen) atoms. The number of para-hydroxylation sites is 1. The topological polar surface area (TPSA) is 115 Å². The van der Waals surface area contributed by atoms with Crippen molar-refractivity contribution in [3.05, 3.63) is 107 Å². The number of carbonyl (C=O) groups excluding carboxylic acids is 2. The van der Waals surface area contributed by atoms with Crippen LogP contribution in [0.25, 0.3) is 38.2 Å². The van der Waals surface area contributed by atoms with Gasteiger partial charge >= 0.3 is 0 Å². The third-order valence-electron chi connectivity index (χ3n) is 8.44. The first-order valence-electron chi connectivity index (χ1n) is 15.7. The van der Waals surface area contributed by atoms with Crippen LogP contribution in [0.2, 0.25) is 0 Å². The maximum atomic E-state index is 13.3. The predicted molar refractivity (Wildman–Crippen MR) is 198 cm³/mol. The van der Waals surface area contributed by atoms with Crippen LogP contribution in [-0.4, -0.2) is 48.1 Å². The van der Waals surface area contributed by atoms with Crippen LogP contribution in [0.15, 0.2) is 90.4 Å². The maximum absolute atomic E-state index is 13.3. The van der Waals surface area contributed by atoms with Gasteiger partial charge in [0.25, 0.3) is 5.91 Å². The molecule has 0 atom stereocenters. The van der Waals surface area contributed by atoms with E-state index in [2.05, 4.69) is 52.6 Å². The Labute approximate surface area is 283 Å². The van der Waals surface area contributed by atoms with Crippen molar-refractivity contribution >= 4 is 67.4 Å². The van der Waals surface area contributed by atoms with Crippen molar-refractivity contribution in [2.75, 3.05) is 42.7 Å². The number of fused-ring (bicyclic) bond motifs is 2. The number of likely N-dealkylation sites (N-methyl/N-ethyl adjacent to an activating group) is 1. The van der Waals surface area contributed by atoms with E-state index in [0.29, 0.717) is 36.0 Å². The molecule has 9 nitrogen and oxygen atoms in total. The van der Waals surface area contributed by atoms with Gasteiger partial charge in [0.15, 0.2) is 0 Å². The fourth-order valence-electron chi connectivity index (χ4n) is 5.91. The highest BCUT2D eigenvalue weighted by Crippen LogP contribution is 2.41. The van der Waals surface area contributed by atoms with Gasteiger partial charge in [0.1, 0.15) is 17.3 Å². The summed E-state index contributed by atoms with van der Waals surface area (Å²) in [7, 11) is 3.45. The first kappa shape index (κ1) is 32.3. The van der Waals surface area contributed by atoms with E-state index in [1.165, 1.54) is 23.0 Å². The van der Waals surface area contributed by atoms with Crippen molar-refractivity contribution in [2.45, 2.75) is 13.8 Å². The number of nitrogens with one attached hydrogen (secondary N) is 2. The number of amides is 2. The molecule has 0 saturated heterocycles. The first-order chi connectivity index (χ1) is 23.3. The Morgan fingerprint density at radius 2 is 1.92 bits per heavy atom. The minimum atomic E-state index is -0.233. The number of aryl methyl sites for hydroxylation is 2. The van der Waals surface area contributed by atoms with E-state index in [4.69, 9.17) is 10.5 Å². The number of nitrogens with zero attached hydrogens (tertiary/aromatic N) is 3. The van der Waals surface area contributed by atoms with Gasteiger partial charge in [-0.1, -0.05) is 36.4 Å². The second-order valence-corrected chi connectivity index (χ2v) is 12.4. The van der Waals surface area contributed by atoms with Crippen LogP contribution in [0, 0.1) is 6.92 Å². The molecule has 6 aromatic rings. The number of thiophene rings is 1. The summed E-state index contributed by atoms with van der Waals surface area (Å²) >= 11 is 1.53. The van der Waals surface area contributed by atoms with Gasteiger partial charge in [-0.3, -0.25) is 9.59 Å². The van der Waals surface area contributed by atoms with Crippen molar-refractivity contribution in [1.29, 1.82) is 0 Å². The molecule has 3 aromatic carbocycles. The van der Waals surface area contributed by atoms with Crippen molar-refractivity contribution in [3.63, 3.8) is 0 Å². The summed E-state index contributed by atoms with van der Waals surface area (Å²) in [5.74, 6) is 0.500. The summed E-state index contributed by atoms with van der Waals surface area (Å²) in [6.45, 7) is 6.25. The standard InChI is InChI=1S/C38H38N6O3S/c1-5-44(28-11-8-9-24(2)19-28)18-17-40-34(45)16-14-27-22-41-37(39)35-29(23-48-36(27)35)25-13-15-30(33(21-25)47-4)42-38(46)32-20-26-10-6-7-12-31(26)43(32)3/h6-16,19-23H,5,17-18H2,1-4H3,(H2,39,41)(H,40,45)(H,42,46). The van der Waals surface area contributed by atoms with Gasteiger partial charge in [-0.05, 0) is 72.8 Å². The second kappa shape index (κ2) is 14.0. The highest BCUT2D eigenvalue weighted by molar-refractivity contribution is 7.18. The number of ether oxygens (including phenoxy) is 1. The average Bonchev–Trinajstić information content (AvgIpc) is 3.69. The van der Waals surface area contributed by atoms with Crippen LogP contribution in [0.4, 0.5) is 17.2 Å². The average molecular weight is 659 g/mol. The van der Waals surface area contributed by atoms with Gasteiger partial charge < -0.3 is 30.6 Å². The number of pyridine rings is 1. The number of anilines is 3. The van der Waals surface area contributed by atoms with Crippen LogP contribution < -0.4 is 26.0 Å². The van der Waals surface area contributed by atoms with E-state index in [1.54, 1.807) is 19.4 Å². The third-order valence-corrected chi connectivity index (χ3v) is 9.47. The number of rotatable bonds is 11. The molecule has 6 rings (SSSR count). The summed E-state index contributed by atoms with van der Waals surface area (Å²) in [4.78, 5) is 32.7. The van der Waals surface area contributed by atoms with E-state index in [0.717, 1.165) is 49.9 Å². The number of hydrogen-bond acceptors (Lipinski definition) is 7. The number of hydrogen-bond donors (Lipinski definition) is 3. The van der Waals surface area contributed by atoms with E-state index in [-0.39, 0.29) is 11.8 Å². The lowest BCUT2D eigenvalue weighted by Crippen LogP contribution is -2.34. The minimum absolute atomic E-state index is 0.178. The van der Waals surface area contributed by atoms with E-state index in [1.807, 2.05) is 71.6 Å². The molecule has 0 saturated carbocycles. The molecule has 244 valence electrons. The highest BCUT2D eigenvalue weighted by atomic mass is 32.1. The molecule has 2 amide bonds. The van der Waals surface area contributed by atoms with Gasteiger partial charge in [0.2, 0.25) is 5.91 Å². The largest absolute Gasteiger partial charge is 0.495 e. The van der Waals surface area contributed by atoms with Crippen LogP contribution >= 0.6 is 11.3 Å². The van der Waals surface area contributed by atoms with Crippen LogP contribution in [0.1, 0.15) is 28.5 Å². The minimum Gasteiger partial charge on any atom is -0.495 e. The molecule has 3 heterocycles. The van der Waals surface area contributed by atoms with Crippen LogP contribution in [0.3, 0.4) is 0 Å². The number of nitrogens with two attached hydrogens (primary N) is 1. The molecule has 3 aromatic heterocycles. The molecule has 0 spiro atoms. The van der Waals surface area contributed by atoms with Crippen molar-refractivity contribution in [3.8, 4) is 16.9 Å². The Bertz CT molecular complexity index is 2170. The first-order valence-corrected chi connectivity index (χ1v) is 16.6. The summed E-state index contributed by atoms with van der Waals surface area (Å²) in [6.07, 6.45) is 4.99. The van der Waals surface area contributed by atoms with E-state index < -0.39 is 0 Å². The van der Waals surface area contributed by atoms with Gasteiger partial charge in [-0.25, -0.2) is 4.98 Å². The molecule has 0 aliphatic heterocycles. The summed E-state index contributed by atoms with van der Waals surface area (Å²) in [5.41, 5.74) is 13.4. The Kier molecular flexibility index (Phi) is 9.45. The second-order valence-electron chi connectivity index (χ2n) is 11.5. The van der Waals surface area contributed by atoms with Gasteiger partial charge in [0, 0.05) is 76.8 Å². The Morgan fingerprint density at radius 1 is 1.08 bits per heavy atom. The Hall–Kier alpha value is -5.61. The van der Waals surface area contributed by atoms with Gasteiger partial charge in [-0.15, -0.1) is 11.3 Å². The fourth-order valence-corrected chi connectivity index (χ4v) is 6.98. The van der Waals surface area contributed by atoms with E-state index >= 15 is 0 Å². The number of aromatic nitrogens is 2. The lowest BCUT2D eigenvalue weighted by molar-refractivity contribution is -0.116. The highest BCUT2D eigenvalue weighted by Gasteiger charge is 2.18. The smallest absolute Gasteiger partial charge is 0.272 e. The zero-order valence-electron chi connectivity index (χ0n) is 27.4. The molecule has 0 aliphatic rings. The summed E-state index contributed by atoms with van der Waals surface area (Å²) in [6, 6.07) is 23.7. The van der Waals surface area contributed by atoms with Gasteiger partial charge in [0.05, 0.1) is 12.8 Å². The fraction of sp³-hybridized carbons (Fsp3) is 0.184. The summed E-state index contributed by atoms with van der Waals surface area (Å²) in [5, 5.41) is 9.81. The molecule has 4 N–H and O–H groups in total. The van der Waals surface area contributed by atoms with Crippen molar-refractivity contribution < 1.29 is 14.3 Å². The normalized spacial score (nSPS) is 11.3. The number of benzene rings is 3. The predicted octanol–water partition coefficient (Wildman–Crippen LogP) is 7.26. The quantitative estimate of drug-likeness (QED) is 0.126. The number of carbonyl (C=O) groups is 2. The third kappa shape index (κ3) is 6.61. The zero-order chi connectivity index (χ0) is 33.8. The SMILES string of the molecule is CCN(CCNC(=O)C=Cc1cnc(N)c2c(-c3ccc(NC(=O)c4cc5ccccc5n4C)c(OC)c3)csc12)c1cccc(C)c1. The van der Waals surface area contributed by atoms with Crippen molar-refractivity contribution in [2.24, 2.45) is 7.05 Å². The lowest BCUT2D eigenvalue weighted by Gasteiger charge is -2.23. The van der Waals surface area contributed by atoms with Crippen LogP contribution in [0.5, 0.6) is 5.75 Å². The Morgan fingerprint density at radius 3 is 2.69 bits per heavy atom. The molecule has 0 bridgehead atoms. The molecule has 0 aliphatic carbocycles. The number of methoxy groups -OCH3 is 1. The van der Waals surface area contributed by atoms with Gasteiger partial charge in [-0.2, -0.15) is 0 Å². The maximum Gasteiger partial charge on any atom is 0.272 e. The van der Waals surface area contributed by atoms with Crippen LogP contribution in [-0.2, 0) is 11.8 Å². The Balaban J connectivity index is 1.17. The van der Waals surface area contributed by atoms with Crippen molar-refractivity contribution in [1.82, 2.24) is 14.9 Å². The molecule has 0 unspecified atom stereocenters.